The lowest BCUT2D eigenvalue weighted by Gasteiger charge is -2.27. The fraction of sp³-hybridized carbons (Fsp3) is 0.538. The molecular weight excluding hydrogens is 216 g/mol. The Balaban J connectivity index is 2.05. The van der Waals surface area contributed by atoms with Crippen LogP contribution in [0.2, 0.25) is 0 Å². The lowest BCUT2D eigenvalue weighted by atomic mass is 9.87. The smallest absolute Gasteiger partial charge is 0.356 e. The molecule has 2 rings (SSSR count). The molecule has 0 unspecified atom stereocenters. The van der Waals surface area contributed by atoms with Crippen LogP contribution in [0.4, 0.5) is 5.69 Å². The van der Waals surface area contributed by atoms with Crippen LogP contribution in [0.3, 0.4) is 0 Å². The average molecular weight is 234 g/mol. The maximum Gasteiger partial charge on any atom is 0.356 e. The summed E-state index contributed by atoms with van der Waals surface area (Å²) >= 11 is 0. The second-order valence-corrected chi connectivity index (χ2v) is 4.81. The van der Waals surface area contributed by atoms with E-state index in [0.29, 0.717) is 11.7 Å². The zero-order chi connectivity index (χ0) is 12.3. The van der Waals surface area contributed by atoms with Gasteiger partial charge >= 0.3 is 5.97 Å². The highest BCUT2D eigenvalue weighted by Crippen LogP contribution is 2.26. The first-order valence-electron chi connectivity index (χ1n) is 6.11. The van der Waals surface area contributed by atoms with Crippen LogP contribution in [0.1, 0.15) is 43.1 Å². The highest BCUT2D eigenvalue weighted by atomic mass is 16.4. The molecule has 0 spiro atoms. The van der Waals surface area contributed by atoms with Crippen molar-refractivity contribution in [3.63, 3.8) is 0 Å². The molecule has 1 saturated carbocycles. The largest absolute Gasteiger partial charge is 0.476 e. The molecule has 0 atom stereocenters. The summed E-state index contributed by atoms with van der Waals surface area (Å²) in [5.41, 5.74) is 0.755. The zero-order valence-corrected chi connectivity index (χ0v) is 10.0. The molecule has 1 aromatic heterocycles. The predicted octanol–water partition coefficient (Wildman–Crippen LogP) is 2.77. The average Bonchev–Trinajstić information content (AvgIpc) is 2.32. The number of nitrogens with zero attached hydrogens (tertiary/aromatic N) is 1. The summed E-state index contributed by atoms with van der Waals surface area (Å²) in [6, 6.07) is 3.93. The van der Waals surface area contributed by atoms with Crippen molar-refractivity contribution < 1.29 is 9.90 Å². The molecule has 0 aromatic carbocycles. The topological polar surface area (TPSA) is 62.2 Å². The first-order valence-corrected chi connectivity index (χ1v) is 6.11. The lowest BCUT2D eigenvalue weighted by molar-refractivity contribution is 0.0691. The molecule has 0 aliphatic heterocycles. The number of aromatic nitrogens is 1. The number of aromatic carboxylic acids is 1. The van der Waals surface area contributed by atoms with Crippen LogP contribution in [0.25, 0.3) is 0 Å². The summed E-state index contributed by atoms with van der Waals surface area (Å²) in [6.45, 7) is 2.27. The summed E-state index contributed by atoms with van der Waals surface area (Å²) in [5.74, 6) is -0.182. The highest BCUT2D eigenvalue weighted by Gasteiger charge is 2.20. The number of hydrogen-bond acceptors (Lipinski definition) is 3. The molecule has 0 saturated heterocycles. The highest BCUT2D eigenvalue weighted by molar-refractivity contribution is 5.91. The van der Waals surface area contributed by atoms with E-state index in [9.17, 15) is 4.79 Å². The summed E-state index contributed by atoms with van der Waals surface area (Å²) in [6.07, 6.45) is 6.14. The Hall–Kier alpha value is -1.58. The van der Waals surface area contributed by atoms with E-state index < -0.39 is 5.97 Å². The fourth-order valence-corrected chi connectivity index (χ4v) is 2.32. The van der Waals surface area contributed by atoms with Gasteiger partial charge in [-0.1, -0.05) is 6.92 Å². The summed E-state index contributed by atoms with van der Waals surface area (Å²) in [4.78, 5) is 14.9. The maximum atomic E-state index is 11.0. The van der Waals surface area contributed by atoms with Crippen LogP contribution in [0, 0.1) is 5.92 Å². The summed E-state index contributed by atoms with van der Waals surface area (Å²) < 4.78 is 0. The number of nitrogens with one attached hydrogen (secondary N) is 1. The van der Waals surface area contributed by atoms with Crippen molar-refractivity contribution >= 4 is 11.7 Å². The van der Waals surface area contributed by atoms with E-state index in [2.05, 4.69) is 17.2 Å². The predicted molar refractivity (Wildman–Crippen MR) is 66.2 cm³/mol. The Morgan fingerprint density at radius 2 is 2.12 bits per heavy atom. The van der Waals surface area contributed by atoms with Crippen LogP contribution in [-0.2, 0) is 0 Å². The van der Waals surface area contributed by atoms with Gasteiger partial charge in [0.05, 0.1) is 5.69 Å². The molecule has 1 aliphatic carbocycles. The summed E-state index contributed by atoms with van der Waals surface area (Å²) in [5, 5.41) is 12.3. The second-order valence-electron chi connectivity index (χ2n) is 4.81. The molecule has 17 heavy (non-hydrogen) atoms. The number of carboxylic acids is 1. The van der Waals surface area contributed by atoms with Crippen LogP contribution in [0.15, 0.2) is 18.3 Å². The number of carbonyl (C=O) groups is 1. The number of carboxylic acid groups (broad SMARTS) is 1. The molecule has 4 heteroatoms. The minimum atomic E-state index is -0.975. The molecule has 0 radical (unpaired) electrons. The van der Waals surface area contributed by atoms with E-state index in [1.807, 2.05) is 0 Å². The Morgan fingerprint density at radius 3 is 2.76 bits per heavy atom. The first kappa shape index (κ1) is 11.9. The standard InChI is InChI=1S/C13H18N2O2/c1-9-4-6-10(7-5-9)15-11-3-2-8-14-12(11)13(16)17/h2-3,8-10,15H,4-7H2,1H3,(H,16,17). The maximum absolute atomic E-state index is 11.0. The zero-order valence-electron chi connectivity index (χ0n) is 10.0. The van der Waals surface area contributed by atoms with Gasteiger partial charge in [0.1, 0.15) is 0 Å². The number of anilines is 1. The number of hydrogen-bond donors (Lipinski definition) is 2. The van der Waals surface area contributed by atoms with Gasteiger partial charge in [0, 0.05) is 12.2 Å². The van der Waals surface area contributed by atoms with Crippen molar-refractivity contribution in [2.75, 3.05) is 5.32 Å². The van der Waals surface area contributed by atoms with Gasteiger partial charge in [-0.05, 0) is 43.7 Å². The fourth-order valence-electron chi connectivity index (χ4n) is 2.32. The Bertz CT molecular complexity index is 398. The number of pyridine rings is 1. The molecule has 1 heterocycles. The minimum Gasteiger partial charge on any atom is -0.476 e. The van der Waals surface area contributed by atoms with Crippen molar-refractivity contribution in [3.05, 3.63) is 24.0 Å². The van der Waals surface area contributed by atoms with E-state index in [-0.39, 0.29) is 5.69 Å². The van der Waals surface area contributed by atoms with Gasteiger partial charge in [-0.25, -0.2) is 9.78 Å². The number of rotatable bonds is 3. The quantitative estimate of drug-likeness (QED) is 0.844. The normalized spacial score (nSPS) is 24.3. The van der Waals surface area contributed by atoms with E-state index >= 15 is 0 Å². The van der Waals surface area contributed by atoms with Crippen molar-refractivity contribution in [3.8, 4) is 0 Å². The van der Waals surface area contributed by atoms with Crippen LogP contribution >= 0.6 is 0 Å². The van der Waals surface area contributed by atoms with Gasteiger partial charge in [-0.15, -0.1) is 0 Å². The van der Waals surface area contributed by atoms with Crippen LogP contribution in [0.5, 0.6) is 0 Å². The Morgan fingerprint density at radius 1 is 1.41 bits per heavy atom. The van der Waals surface area contributed by atoms with E-state index in [1.165, 1.54) is 19.0 Å². The van der Waals surface area contributed by atoms with Gasteiger partial charge in [-0.3, -0.25) is 0 Å². The minimum absolute atomic E-state index is 0.117. The Labute approximate surface area is 101 Å². The van der Waals surface area contributed by atoms with Gasteiger partial charge in [0.25, 0.3) is 0 Å². The van der Waals surface area contributed by atoms with E-state index in [0.717, 1.165) is 18.8 Å². The van der Waals surface area contributed by atoms with Gasteiger partial charge in [0.2, 0.25) is 0 Å². The second kappa shape index (κ2) is 5.17. The molecule has 0 amide bonds. The summed E-state index contributed by atoms with van der Waals surface area (Å²) in [7, 11) is 0. The van der Waals surface area contributed by atoms with Crippen LogP contribution < -0.4 is 5.32 Å². The van der Waals surface area contributed by atoms with Gasteiger partial charge in [0.15, 0.2) is 5.69 Å². The van der Waals surface area contributed by atoms with Crippen LogP contribution in [-0.4, -0.2) is 22.1 Å². The molecular formula is C13H18N2O2. The lowest BCUT2D eigenvalue weighted by Crippen LogP contribution is -2.26. The molecule has 92 valence electrons. The van der Waals surface area contributed by atoms with Gasteiger partial charge in [-0.2, -0.15) is 0 Å². The third kappa shape index (κ3) is 2.96. The molecule has 0 bridgehead atoms. The molecule has 1 aromatic rings. The third-order valence-electron chi connectivity index (χ3n) is 3.39. The van der Waals surface area contributed by atoms with E-state index in [4.69, 9.17) is 5.11 Å². The van der Waals surface area contributed by atoms with Crippen molar-refractivity contribution in [1.82, 2.24) is 4.98 Å². The SMILES string of the molecule is CC1CCC(Nc2cccnc2C(=O)O)CC1. The molecule has 1 aliphatic rings. The Kier molecular flexibility index (Phi) is 3.61. The molecule has 2 N–H and O–H groups in total. The van der Waals surface area contributed by atoms with E-state index in [1.54, 1.807) is 12.1 Å². The van der Waals surface area contributed by atoms with Crippen molar-refractivity contribution in [2.45, 2.75) is 38.6 Å². The van der Waals surface area contributed by atoms with Gasteiger partial charge < -0.3 is 10.4 Å². The molecule has 4 nitrogen and oxygen atoms in total. The van der Waals surface area contributed by atoms with Crippen molar-refractivity contribution in [2.24, 2.45) is 5.92 Å². The monoisotopic (exact) mass is 234 g/mol. The first-order chi connectivity index (χ1) is 8.16. The molecule has 1 fully saturated rings. The van der Waals surface area contributed by atoms with Crippen molar-refractivity contribution in [1.29, 1.82) is 0 Å². The third-order valence-corrected chi connectivity index (χ3v) is 3.39.